The van der Waals surface area contributed by atoms with E-state index in [4.69, 9.17) is 4.98 Å². The van der Waals surface area contributed by atoms with Gasteiger partial charge in [-0.3, -0.25) is 13.8 Å². The second-order valence-electron chi connectivity index (χ2n) is 6.16. The Hall–Kier alpha value is -3.66. The third kappa shape index (κ3) is 2.16. The van der Waals surface area contributed by atoms with Gasteiger partial charge in [0.1, 0.15) is 0 Å². The molecule has 5 aromatic rings. The first-order valence-corrected chi connectivity index (χ1v) is 8.46. The molecule has 0 saturated carbocycles. The first-order valence-electron chi connectivity index (χ1n) is 8.46. The third-order valence-corrected chi connectivity index (χ3v) is 4.57. The Balaban J connectivity index is 1.97. The van der Waals surface area contributed by atoms with Crippen molar-refractivity contribution >= 4 is 16.7 Å². The van der Waals surface area contributed by atoms with Gasteiger partial charge in [-0.1, -0.05) is 60.7 Å². The van der Waals surface area contributed by atoms with E-state index in [1.807, 2.05) is 95.7 Å². The molecule has 0 unspecified atom stereocenters. The number of fused-ring (bicyclic) bond motifs is 2. The average Bonchev–Trinajstić information content (AvgIpc) is 3.09. The molecule has 0 aliphatic carbocycles. The molecule has 26 heavy (non-hydrogen) atoms. The Morgan fingerprint density at radius 1 is 0.731 bits per heavy atom. The van der Waals surface area contributed by atoms with E-state index in [9.17, 15) is 4.79 Å². The molecule has 2 aromatic heterocycles. The van der Waals surface area contributed by atoms with Crippen molar-refractivity contribution in [1.82, 2.24) is 14.0 Å². The summed E-state index contributed by atoms with van der Waals surface area (Å²) in [5.74, 6) is 0.610. The van der Waals surface area contributed by atoms with Gasteiger partial charge < -0.3 is 0 Å². The van der Waals surface area contributed by atoms with Crippen LogP contribution in [0.3, 0.4) is 0 Å². The van der Waals surface area contributed by atoms with Gasteiger partial charge in [0.05, 0.1) is 16.6 Å². The SMILES string of the molecule is O=c1c2ccccc2nc2n(-c3ccccc3)c(-c3ccccc3)cn12. The standard InChI is InChI=1S/C22H15N3O/c26-21-18-13-7-8-14-19(18)23-22-24(21)15-20(16-9-3-1-4-10-16)25(22)17-11-5-2-6-12-17/h1-15H. The summed E-state index contributed by atoms with van der Waals surface area (Å²) in [5, 5.41) is 0.620. The largest absolute Gasteiger partial charge is 0.278 e. The number of hydrogen-bond donors (Lipinski definition) is 0. The van der Waals surface area contributed by atoms with Crippen LogP contribution in [0.5, 0.6) is 0 Å². The molecule has 0 N–H and O–H groups in total. The van der Waals surface area contributed by atoms with Gasteiger partial charge in [0.2, 0.25) is 5.78 Å². The molecule has 0 saturated heterocycles. The molecule has 0 spiro atoms. The Labute approximate surface area is 149 Å². The molecule has 0 aliphatic rings. The van der Waals surface area contributed by atoms with Crippen LogP contribution in [0.25, 0.3) is 33.6 Å². The number of nitrogens with zero attached hydrogens (tertiary/aromatic N) is 3. The zero-order valence-electron chi connectivity index (χ0n) is 13.9. The van der Waals surface area contributed by atoms with Gasteiger partial charge in [-0.05, 0) is 24.3 Å². The Morgan fingerprint density at radius 3 is 2.15 bits per heavy atom. The highest BCUT2D eigenvalue weighted by atomic mass is 16.1. The molecular weight excluding hydrogens is 322 g/mol. The molecule has 0 amide bonds. The Morgan fingerprint density at radius 2 is 1.38 bits per heavy atom. The van der Waals surface area contributed by atoms with E-state index in [0.29, 0.717) is 16.7 Å². The lowest BCUT2D eigenvalue weighted by Crippen LogP contribution is -2.14. The summed E-state index contributed by atoms with van der Waals surface area (Å²) in [6.07, 6.45) is 1.87. The Kier molecular flexibility index (Phi) is 3.22. The summed E-state index contributed by atoms with van der Waals surface area (Å²) in [6, 6.07) is 27.5. The monoisotopic (exact) mass is 337 g/mol. The first-order chi connectivity index (χ1) is 12.8. The topological polar surface area (TPSA) is 39.3 Å². The highest BCUT2D eigenvalue weighted by Gasteiger charge is 2.16. The minimum absolute atomic E-state index is 0.0579. The third-order valence-electron chi connectivity index (χ3n) is 4.57. The van der Waals surface area contributed by atoms with E-state index >= 15 is 0 Å². The average molecular weight is 337 g/mol. The van der Waals surface area contributed by atoms with Gasteiger partial charge in [0.25, 0.3) is 5.56 Å². The van der Waals surface area contributed by atoms with Crippen molar-refractivity contribution < 1.29 is 0 Å². The fraction of sp³-hybridized carbons (Fsp3) is 0. The summed E-state index contributed by atoms with van der Waals surface area (Å²) >= 11 is 0. The fourth-order valence-corrected chi connectivity index (χ4v) is 3.34. The van der Waals surface area contributed by atoms with E-state index in [-0.39, 0.29) is 5.56 Å². The predicted octanol–water partition coefficient (Wildman–Crippen LogP) is 4.31. The molecule has 5 rings (SSSR count). The molecule has 0 radical (unpaired) electrons. The van der Waals surface area contributed by atoms with Gasteiger partial charge in [0, 0.05) is 17.4 Å². The van der Waals surface area contributed by atoms with Crippen molar-refractivity contribution in [3.8, 4) is 16.9 Å². The van der Waals surface area contributed by atoms with Crippen molar-refractivity contribution in [1.29, 1.82) is 0 Å². The lowest BCUT2D eigenvalue weighted by molar-refractivity contribution is 1.03. The normalized spacial score (nSPS) is 11.2. The quantitative estimate of drug-likeness (QED) is 0.482. The number of imidazole rings is 1. The lowest BCUT2D eigenvalue weighted by atomic mass is 10.1. The molecule has 0 fully saturated rings. The maximum absolute atomic E-state index is 13.0. The highest BCUT2D eigenvalue weighted by Crippen LogP contribution is 2.26. The Bertz CT molecular complexity index is 1290. The summed E-state index contributed by atoms with van der Waals surface area (Å²) in [7, 11) is 0. The molecule has 4 heteroatoms. The van der Waals surface area contributed by atoms with Crippen LogP contribution in [-0.4, -0.2) is 14.0 Å². The molecule has 4 nitrogen and oxygen atoms in total. The van der Waals surface area contributed by atoms with Crippen molar-refractivity contribution in [2.75, 3.05) is 0 Å². The highest BCUT2D eigenvalue weighted by molar-refractivity contribution is 5.80. The van der Waals surface area contributed by atoms with E-state index in [1.165, 1.54) is 0 Å². The van der Waals surface area contributed by atoms with E-state index in [2.05, 4.69) is 0 Å². The molecule has 124 valence electrons. The van der Waals surface area contributed by atoms with E-state index < -0.39 is 0 Å². The van der Waals surface area contributed by atoms with Crippen LogP contribution in [0.1, 0.15) is 0 Å². The van der Waals surface area contributed by atoms with Crippen LogP contribution in [0, 0.1) is 0 Å². The number of para-hydroxylation sites is 2. The van der Waals surface area contributed by atoms with Crippen LogP contribution in [0.2, 0.25) is 0 Å². The van der Waals surface area contributed by atoms with Crippen molar-refractivity contribution in [3.63, 3.8) is 0 Å². The predicted molar refractivity (Wildman–Crippen MR) is 104 cm³/mol. The van der Waals surface area contributed by atoms with Crippen LogP contribution in [0.4, 0.5) is 0 Å². The van der Waals surface area contributed by atoms with E-state index in [0.717, 1.165) is 16.9 Å². The van der Waals surface area contributed by atoms with Gasteiger partial charge in [0.15, 0.2) is 0 Å². The van der Waals surface area contributed by atoms with Gasteiger partial charge >= 0.3 is 0 Å². The lowest BCUT2D eigenvalue weighted by Gasteiger charge is -2.09. The summed E-state index contributed by atoms with van der Waals surface area (Å²) in [5.41, 5.74) is 3.57. The van der Waals surface area contributed by atoms with Crippen LogP contribution < -0.4 is 5.56 Å². The van der Waals surface area contributed by atoms with Crippen molar-refractivity contribution in [2.45, 2.75) is 0 Å². The zero-order chi connectivity index (χ0) is 17.5. The maximum atomic E-state index is 13.0. The minimum atomic E-state index is -0.0579. The molecular formula is C22H15N3O. The van der Waals surface area contributed by atoms with Crippen molar-refractivity contribution in [3.05, 3.63) is 101 Å². The van der Waals surface area contributed by atoms with Crippen LogP contribution in [0.15, 0.2) is 95.9 Å². The van der Waals surface area contributed by atoms with Gasteiger partial charge in [-0.2, -0.15) is 0 Å². The number of aromatic nitrogens is 3. The molecule has 2 heterocycles. The second kappa shape index (κ2) is 5.70. The number of rotatable bonds is 2. The molecule has 3 aromatic carbocycles. The zero-order valence-corrected chi connectivity index (χ0v) is 13.9. The minimum Gasteiger partial charge on any atom is -0.278 e. The second-order valence-corrected chi connectivity index (χ2v) is 6.16. The molecule has 0 atom stereocenters. The summed E-state index contributed by atoms with van der Waals surface area (Å²) in [4.78, 5) is 17.8. The summed E-state index contributed by atoms with van der Waals surface area (Å²) in [6.45, 7) is 0. The molecule has 0 bridgehead atoms. The fourth-order valence-electron chi connectivity index (χ4n) is 3.34. The van der Waals surface area contributed by atoms with Gasteiger partial charge in [-0.25, -0.2) is 4.98 Å². The van der Waals surface area contributed by atoms with Crippen molar-refractivity contribution in [2.24, 2.45) is 0 Å². The maximum Gasteiger partial charge on any atom is 0.266 e. The van der Waals surface area contributed by atoms with Gasteiger partial charge in [-0.15, -0.1) is 0 Å². The van der Waals surface area contributed by atoms with E-state index in [1.54, 1.807) is 4.40 Å². The first kappa shape index (κ1) is 14.7. The van der Waals surface area contributed by atoms with Crippen LogP contribution >= 0.6 is 0 Å². The molecule has 0 aliphatic heterocycles. The summed E-state index contributed by atoms with van der Waals surface area (Å²) < 4.78 is 3.67. The number of hydrogen-bond acceptors (Lipinski definition) is 2. The number of benzene rings is 3. The van der Waals surface area contributed by atoms with Crippen LogP contribution in [-0.2, 0) is 0 Å². The smallest absolute Gasteiger partial charge is 0.266 e.